The van der Waals surface area contributed by atoms with Gasteiger partial charge >= 0.3 is 5.97 Å². The fraction of sp³-hybridized carbons (Fsp3) is 0.909. The van der Waals surface area contributed by atoms with Crippen molar-refractivity contribution in [2.24, 2.45) is 5.92 Å². The van der Waals surface area contributed by atoms with Crippen LogP contribution < -0.4 is 5.32 Å². The summed E-state index contributed by atoms with van der Waals surface area (Å²) in [5.74, 6) is -0.166. The lowest BCUT2D eigenvalue weighted by atomic mass is 10.1. The molecule has 1 rings (SSSR count). The lowest BCUT2D eigenvalue weighted by Crippen LogP contribution is -2.31. The molecule has 0 aromatic rings. The molecule has 1 aliphatic heterocycles. The zero-order chi connectivity index (χ0) is 11.3. The van der Waals surface area contributed by atoms with Crippen LogP contribution in [-0.4, -0.2) is 36.4 Å². The molecule has 1 heterocycles. The molecular weight excluding hydrogens is 194 g/mol. The van der Waals surface area contributed by atoms with E-state index >= 15 is 0 Å². The molecule has 88 valence electrons. The van der Waals surface area contributed by atoms with Crippen molar-refractivity contribution < 1.29 is 14.6 Å². The molecular formula is C11H21NO3. The summed E-state index contributed by atoms with van der Waals surface area (Å²) < 4.78 is 5.38. The van der Waals surface area contributed by atoms with Crippen molar-refractivity contribution in [3.05, 3.63) is 0 Å². The molecule has 0 bridgehead atoms. The van der Waals surface area contributed by atoms with E-state index in [9.17, 15) is 4.79 Å². The predicted octanol–water partition coefficient (Wildman–Crippen LogP) is 1.25. The average Bonchev–Trinajstić information content (AvgIpc) is 2.66. The highest BCUT2D eigenvalue weighted by Gasteiger charge is 2.29. The van der Waals surface area contributed by atoms with E-state index in [1.54, 1.807) is 0 Å². The lowest BCUT2D eigenvalue weighted by Gasteiger charge is -2.14. The number of carboxylic acids is 1. The van der Waals surface area contributed by atoms with Crippen LogP contribution in [0.15, 0.2) is 0 Å². The number of aliphatic carboxylic acids is 1. The first-order valence-corrected chi connectivity index (χ1v) is 5.72. The second-order valence-corrected chi connectivity index (χ2v) is 4.33. The van der Waals surface area contributed by atoms with E-state index in [-0.39, 0.29) is 6.10 Å². The Morgan fingerprint density at radius 1 is 1.60 bits per heavy atom. The molecule has 4 heteroatoms. The Morgan fingerprint density at radius 3 is 2.87 bits per heavy atom. The van der Waals surface area contributed by atoms with Crippen molar-refractivity contribution in [3.8, 4) is 0 Å². The van der Waals surface area contributed by atoms with Crippen molar-refractivity contribution in [1.82, 2.24) is 5.32 Å². The van der Waals surface area contributed by atoms with E-state index in [1.165, 1.54) is 0 Å². The van der Waals surface area contributed by atoms with Gasteiger partial charge in [0.05, 0.1) is 6.10 Å². The molecule has 15 heavy (non-hydrogen) atoms. The molecule has 2 N–H and O–H groups in total. The number of hydrogen-bond donors (Lipinski definition) is 2. The van der Waals surface area contributed by atoms with Crippen molar-refractivity contribution in [1.29, 1.82) is 0 Å². The predicted molar refractivity (Wildman–Crippen MR) is 57.9 cm³/mol. The van der Waals surface area contributed by atoms with Crippen LogP contribution in [-0.2, 0) is 9.53 Å². The van der Waals surface area contributed by atoms with Crippen molar-refractivity contribution >= 4 is 5.97 Å². The van der Waals surface area contributed by atoms with Crippen LogP contribution in [0.5, 0.6) is 0 Å². The third kappa shape index (κ3) is 4.18. The third-order valence-corrected chi connectivity index (χ3v) is 2.94. The Kier molecular flexibility index (Phi) is 5.05. The average molecular weight is 215 g/mol. The van der Waals surface area contributed by atoms with Gasteiger partial charge in [-0.3, -0.25) is 0 Å². The maximum absolute atomic E-state index is 10.6. The molecule has 1 fully saturated rings. The molecule has 0 radical (unpaired) electrons. The monoisotopic (exact) mass is 215 g/mol. The van der Waals surface area contributed by atoms with Crippen molar-refractivity contribution in [2.45, 2.75) is 45.3 Å². The van der Waals surface area contributed by atoms with Gasteiger partial charge in [0.25, 0.3) is 0 Å². The largest absolute Gasteiger partial charge is 0.479 e. The Labute approximate surface area is 91.0 Å². The molecule has 3 unspecified atom stereocenters. The SMILES string of the molecule is CCC(C)CNCC1CCC(C(=O)O)O1. The van der Waals surface area contributed by atoms with Gasteiger partial charge in [0.1, 0.15) is 0 Å². The van der Waals surface area contributed by atoms with Gasteiger partial charge in [0.15, 0.2) is 6.10 Å². The number of carboxylic acid groups (broad SMARTS) is 1. The molecule has 0 aromatic heterocycles. The first-order valence-electron chi connectivity index (χ1n) is 5.72. The second kappa shape index (κ2) is 6.08. The Balaban J connectivity index is 2.11. The molecule has 1 saturated heterocycles. The van der Waals surface area contributed by atoms with Crippen LogP contribution in [0.4, 0.5) is 0 Å². The highest BCUT2D eigenvalue weighted by Crippen LogP contribution is 2.19. The molecule has 0 aliphatic carbocycles. The Hall–Kier alpha value is -0.610. The highest BCUT2D eigenvalue weighted by molar-refractivity contribution is 5.72. The van der Waals surface area contributed by atoms with E-state index in [4.69, 9.17) is 9.84 Å². The first-order chi connectivity index (χ1) is 7.13. The summed E-state index contributed by atoms with van der Waals surface area (Å²) in [5.41, 5.74) is 0. The molecule has 3 atom stereocenters. The highest BCUT2D eigenvalue weighted by atomic mass is 16.5. The molecule has 0 saturated carbocycles. The second-order valence-electron chi connectivity index (χ2n) is 4.33. The van der Waals surface area contributed by atoms with Crippen molar-refractivity contribution in [3.63, 3.8) is 0 Å². The van der Waals surface area contributed by atoms with Gasteiger partial charge in [-0.2, -0.15) is 0 Å². The minimum absolute atomic E-state index is 0.0788. The summed E-state index contributed by atoms with van der Waals surface area (Å²) in [6.07, 6.45) is 2.15. The Bertz CT molecular complexity index is 208. The minimum Gasteiger partial charge on any atom is -0.479 e. The van der Waals surface area contributed by atoms with Crippen LogP contribution in [0, 0.1) is 5.92 Å². The zero-order valence-corrected chi connectivity index (χ0v) is 9.53. The normalized spacial score (nSPS) is 27.9. The van der Waals surface area contributed by atoms with Gasteiger partial charge < -0.3 is 15.2 Å². The van der Waals surface area contributed by atoms with Gasteiger partial charge in [-0.15, -0.1) is 0 Å². The quantitative estimate of drug-likeness (QED) is 0.700. The summed E-state index contributed by atoms with van der Waals surface area (Å²) in [5, 5.41) is 12.1. The molecule has 1 aliphatic rings. The van der Waals surface area contributed by atoms with Crippen LogP contribution in [0.3, 0.4) is 0 Å². The number of nitrogens with one attached hydrogen (secondary N) is 1. The van der Waals surface area contributed by atoms with Crippen LogP contribution in [0.25, 0.3) is 0 Å². The topological polar surface area (TPSA) is 58.6 Å². The molecule has 0 aromatic carbocycles. The summed E-state index contributed by atoms with van der Waals surface area (Å²) >= 11 is 0. The molecule has 4 nitrogen and oxygen atoms in total. The van der Waals surface area contributed by atoms with E-state index < -0.39 is 12.1 Å². The van der Waals surface area contributed by atoms with E-state index in [0.717, 1.165) is 25.9 Å². The number of carbonyl (C=O) groups is 1. The maximum atomic E-state index is 10.6. The number of hydrogen-bond acceptors (Lipinski definition) is 3. The first kappa shape index (κ1) is 12.5. The lowest BCUT2D eigenvalue weighted by molar-refractivity contribution is -0.149. The zero-order valence-electron chi connectivity index (χ0n) is 9.53. The van der Waals surface area contributed by atoms with Gasteiger partial charge in [-0.1, -0.05) is 20.3 Å². The van der Waals surface area contributed by atoms with Gasteiger partial charge in [0, 0.05) is 6.54 Å². The van der Waals surface area contributed by atoms with Gasteiger partial charge in [0.2, 0.25) is 0 Å². The fourth-order valence-corrected chi connectivity index (χ4v) is 1.67. The van der Waals surface area contributed by atoms with Crippen molar-refractivity contribution in [2.75, 3.05) is 13.1 Å². The smallest absolute Gasteiger partial charge is 0.332 e. The van der Waals surface area contributed by atoms with E-state index in [1.807, 2.05) is 0 Å². The number of rotatable bonds is 6. The summed E-state index contributed by atoms with van der Waals surface area (Å²) in [6, 6.07) is 0. The summed E-state index contributed by atoms with van der Waals surface area (Å²) in [7, 11) is 0. The third-order valence-electron chi connectivity index (χ3n) is 2.94. The van der Waals surface area contributed by atoms with Gasteiger partial charge in [-0.05, 0) is 25.3 Å². The van der Waals surface area contributed by atoms with Crippen LogP contribution in [0.1, 0.15) is 33.1 Å². The van der Waals surface area contributed by atoms with Crippen LogP contribution >= 0.6 is 0 Å². The fourth-order valence-electron chi connectivity index (χ4n) is 1.67. The van der Waals surface area contributed by atoms with Gasteiger partial charge in [-0.25, -0.2) is 4.79 Å². The number of ether oxygens (including phenoxy) is 1. The minimum atomic E-state index is -0.834. The summed E-state index contributed by atoms with van der Waals surface area (Å²) in [4.78, 5) is 10.6. The van der Waals surface area contributed by atoms with Crippen LogP contribution in [0.2, 0.25) is 0 Å². The summed E-state index contributed by atoms with van der Waals surface area (Å²) in [6.45, 7) is 6.11. The van der Waals surface area contributed by atoms with E-state index in [0.29, 0.717) is 12.3 Å². The standard InChI is InChI=1S/C11H21NO3/c1-3-8(2)6-12-7-9-4-5-10(15-9)11(13)14/h8-10,12H,3-7H2,1-2H3,(H,13,14). The molecule has 0 amide bonds. The maximum Gasteiger partial charge on any atom is 0.332 e. The molecule has 0 spiro atoms. The Morgan fingerprint density at radius 2 is 2.33 bits per heavy atom. The van der Waals surface area contributed by atoms with E-state index in [2.05, 4.69) is 19.2 Å².